The molecule has 1 aliphatic rings. The van der Waals surface area contributed by atoms with E-state index in [1.807, 2.05) is 12.1 Å². The maximum atomic E-state index is 14.6. The van der Waals surface area contributed by atoms with E-state index < -0.39 is 21.7 Å². The van der Waals surface area contributed by atoms with Gasteiger partial charge < -0.3 is 9.64 Å². The zero-order valence-electron chi connectivity index (χ0n) is 22.4. The Kier molecular flexibility index (Phi) is 8.49. The molecule has 0 spiro atoms. The van der Waals surface area contributed by atoms with Crippen molar-refractivity contribution in [2.75, 3.05) is 18.1 Å². The van der Waals surface area contributed by atoms with Gasteiger partial charge in [-0.05, 0) is 54.8 Å². The largest absolute Gasteiger partial charge is 0.496 e. The van der Waals surface area contributed by atoms with Crippen molar-refractivity contribution in [3.05, 3.63) is 75.8 Å². The van der Waals surface area contributed by atoms with Crippen molar-refractivity contribution < 1.29 is 26.7 Å². The van der Waals surface area contributed by atoms with Crippen LogP contribution in [0.4, 0.5) is 14.6 Å². The van der Waals surface area contributed by atoms with Gasteiger partial charge in [-0.1, -0.05) is 36.9 Å². The van der Waals surface area contributed by atoms with Gasteiger partial charge in [0.25, 0.3) is 5.91 Å². The molecule has 2 heterocycles. The maximum Gasteiger partial charge on any atom is 0.266 e. The lowest BCUT2D eigenvalue weighted by Gasteiger charge is -2.34. The second-order valence-corrected chi connectivity index (χ2v) is 13.2. The van der Waals surface area contributed by atoms with Crippen LogP contribution in [0.15, 0.2) is 48.7 Å². The first-order chi connectivity index (χ1) is 19.6. The molecule has 1 amide bonds. The second kappa shape index (κ2) is 11.9. The highest BCUT2D eigenvalue weighted by molar-refractivity contribution is 7.92. The van der Waals surface area contributed by atoms with Crippen LogP contribution in [0.3, 0.4) is 0 Å². The van der Waals surface area contributed by atoms with Gasteiger partial charge in [-0.2, -0.15) is 0 Å². The highest BCUT2D eigenvalue weighted by Crippen LogP contribution is 2.40. The summed E-state index contributed by atoms with van der Waals surface area (Å²) in [7, 11) is -1.91. The Hall–Kier alpha value is -3.28. The number of thiophene rings is 1. The van der Waals surface area contributed by atoms with E-state index in [1.165, 1.54) is 0 Å². The van der Waals surface area contributed by atoms with E-state index in [-0.39, 0.29) is 44.3 Å². The van der Waals surface area contributed by atoms with Gasteiger partial charge in [-0.15, -0.1) is 11.3 Å². The average molecular weight is 620 g/mol. The van der Waals surface area contributed by atoms with Crippen LogP contribution in [0.25, 0.3) is 21.2 Å². The maximum absolute atomic E-state index is 14.6. The van der Waals surface area contributed by atoms with Crippen LogP contribution < -0.4 is 9.46 Å². The molecule has 1 saturated carbocycles. The smallest absolute Gasteiger partial charge is 0.266 e. The highest BCUT2D eigenvalue weighted by atomic mass is 35.5. The first-order valence-corrected chi connectivity index (χ1v) is 16.1. The van der Waals surface area contributed by atoms with Gasteiger partial charge in [0, 0.05) is 29.9 Å². The van der Waals surface area contributed by atoms with Gasteiger partial charge in [0.05, 0.1) is 28.5 Å². The molecular formula is C29H28ClF2N3O4S2. The number of pyridine rings is 1. The summed E-state index contributed by atoms with van der Waals surface area (Å²) in [4.78, 5) is 20.1. The molecule has 4 aromatic rings. The van der Waals surface area contributed by atoms with Gasteiger partial charge in [0.2, 0.25) is 10.0 Å². The first kappa shape index (κ1) is 29.2. The van der Waals surface area contributed by atoms with Gasteiger partial charge in [0.1, 0.15) is 28.1 Å². The quantitative estimate of drug-likeness (QED) is 0.224. The minimum atomic E-state index is -3.46. The molecule has 41 heavy (non-hydrogen) atoms. The van der Waals surface area contributed by atoms with Crippen LogP contribution in [0.2, 0.25) is 5.02 Å². The van der Waals surface area contributed by atoms with E-state index >= 15 is 0 Å². The van der Waals surface area contributed by atoms with E-state index in [9.17, 15) is 22.0 Å². The SMILES string of the molecule is COc1ccc(-c2ccc(NS(C)(=O)=O)nc2)cc1CN(C(=O)c1sc2c(F)ccc(F)c2c1Cl)C1CCCCC1. The number of methoxy groups -OCH3 is 1. The number of carbonyl (C=O) groups is 1. The number of nitrogens with zero attached hydrogens (tertiary/aromatic N) is 2. The number of sulfonamides is 1. The molecule has 0 radical (unpaired) electrons. The monoisotopic (exact) mass is 619 g/mol. The number of halogens is 3. The fourth-order valence-electron chi connectivity index (χ4n) is 5.21. The van der Waals surface area contributed by atoms with E-state index in [4.69, 9.17) is 16.3 Å². The standard InChI is InChI=1S/C29H28ClF2N3O4S2/c1-39-23-12-8-17(18-9-13-24(33-15-18)34-41(2,37)38)14-19(23)16-35(20-6-4-3-5-7-20)29(36)28-26(30)25-21(31)10-11-22(32)27(25)40-28/h8-15,20H,3-7,16H2,1-2H3,(H,33,34). The molecule has 2 aromatic heterocycles. The summed E-state index contributed by atoms with van der Waals surface area (Å²) < 4.78 is 60.2. The van der Waals surface area contributed by atoms with E-state index in [0.717, 1.165) is 78.5 Å². The Morgan fingerprint density at radius 1 is 1.10 bits per heavy atom. The molecular weight excluding hydrogens is 592 g/mol. The van der Waals surface area contributed by atoms with Crippen molar-refractivity contribution in [3.8, 4) is 16.9 Å². The normalized spacial score (nSPS) is 14.3. The lowest BCUT2D eigenvalue weighted by atomic mass is 9.93. The van der Waals surface area contributed by atoms with E-state index in [2.05, 4.69) is 9.71 Å². The molecule has 1 N–H and O–H groups in total. The van der Waals surface area contributed by atoms with Crippen LogP contribution in [0.5, 0.6) is 5.75 Å². The predicted octanol–water partition coefficient (Wildman–Crippen LogP) is 7.25. The van der Waals surface area contributed by atoms with Crippen molar-refractivity contribution in [2.24, 2.45) is 0 Å². The number of benzene rings is 2. The third-order valence-corrected chi connectivity index (χ3v) is 9.42. The summed E-state index contributed by atoms with van der Waals surface area (Å²) in [6, 6.07) is 10.8. The molecule has 0 aliphatic heterocycles. The Bertz CT molecular complexity index is 1710. The number of rotatable bonds is 8. The molecule has 0 atom stereocenters. The summed E-state index contributed by atoms with van der Waals surface area (Å²) >= 11 is 7.38. The first-order valence-electron chi connectivity index (χ1n) is 13.0. The molecule has 12 heteroatoms. The fraction of sp³-hybridized carbons (Fsp3) is 0.310. The lowest BCUT2D eigenvalue weighted by molar-refractivity contribution is 0.0618. The molecule has 1 fully saturated rings. The number of amides is 1. The Balaban J connectivity index is 1.52. The number of anilines is 1. The summed E-state index contributed by atoms with van der Waals surface area (Å²) in [5, 5.41) is -0.160. The molecule has 2 aromatic carbocycles. The van der Waals surface area contributed by atoms with Crippen LogP contribution in [0.1, 0.15) is 47.3 Å². The van der Waals surface area contributed by atoms with Crippen molar-refractivity contribution in [3.63, 3.8) is 0 Å². The van der Waals surface area contributed by atoms with Crippen molar-refractivity contribution in [1.29, 1.82) is 0 Å². The molecule has 0 bridgehead atoms. The van der Waals surface area contributed by atoms with Crippen LogP contribution in [-0.2, 0) is 16.6 Å². The van der Waals surface area contributed by atoms with Crippen molar-refractivity contribution in [2.45, 2.75) is 44.7 Å². The average Bonchev–Trinajstić information content (AvgIpc) is 3.31. The summed E-state index contributed by atoms with van der Waals surface area (Å²) in [6.45, 7) is 0.192. The minimum absolute atomic E-state index is 0.0165. The number of aromatic nitrogens is 1. The number of nitrogens with one attached hydrogen (secondary N) is 1. The molecule has 5 rings (SSSR count). The van der Waals surface area contributed by atoms with Gasteiger partial charge in [-0.3, -0.25) is 9.52 Å². The topological polar surface area (TPSA) is 88.6 Å². The minimum Gasteiger partial charge on any atom is -0.496 e. The van der Waals surface area contributed by atoms with E-state index in [0.29, 0.717) is 5.75 Å². The summed E-state index contributed by atoms with van der Waals surface area (Å²) in [5.74, 6) is -0.909. The second-order valence-electron chi connectivity index (χ2n) is 10.0. The van der Waals surface area contributed by atoms with Crippen LogP contribution in [0, 0.1) is 11.6 Å². The molecule has 7 nitrogen and oxygen atoms in total. The zero-order valence-corrected chi connectivity index (χ0v) is 24.8. The number of carbonyl (C=O) groups excluding carboxylic acids is 1. The molecule has 216 valence electrons. The molecule has 0 unspecified atom stereocenters. The number of ether oxygens (including phenoxy) is 1. The molecule has 0 saturated heterocycles. The van der Waals surface area contributed by atoms with Gasteiger partial charge in [0.15, 0.2) is 0 Å². The summed E-state index contributed by atoms with van der Waals surface area (Å²) in [5.41, 5.74) is 2.26. The molecule has 1 aliphatic carbocycles. The summed E-state index contributed by atoms with van der Waals surface area (Å²) in [6.07, 6.45) is 7.23. The lowest BCUT2D eigenvalue weighted by Crippen LogP contribution is -2.40. The van der Waals surface area contributed by atoms with Crippen LogP contribution in [-0.4, -0.2) is 43.6 Å². The van der Waals surface area contributed by atoms with Crippen molar-refractivity contribution >= 4 is 54.8 Å². The number of hydrogen-bond acceptors (Lipinski definition) is 6. The Morgan fingerprint density at radius 2 is 1.80 bits per heavy atom. The van der Waals surface area contributed by atoms with Crippen molar-refractivity contribution in [1.82, 2.24) is 9.88 Å². The fourth-order valence-corrected chi connectivity index (χ4v) is 7.21. The zero-order chi connectivity index (χ0) is 29.3. The van der Waals surface area contributed by atoms with E-state index in [1.54, 1.807) is 36.4 Å². The number of hydrogen-bond donors (Lipinski definition) is 1. The highest BCUT2D eigenvalue weighted by Gasteiger charge is 2.31. The van der Waals surface area contributed by atoms with Crippen LogP contribution >= 0.6 is 22.9 Å². The number of fused-ring (bicyclic) bond motifs is 1. The third kappa shape index (κ3) is 6.32. The predicted molar refractivity (Wildman–Crippen MR) is 158 cm³/mol. The third-order valence-electron chi connectivity index (χ3n) is 7.16. The van der Waals surface area contributed by atoms with Gasteiger partial charge in [-0.25, -0.2) is 22.2 Å². The Morgan fingerprint density at radius 3 is 2.44 bits per heavy atom. The Labute approximate surface area is 246 Å². The van der Waals surface area contributed by atoms with Gasteiger partial charge >= 0.3 is 0 Å².